The van der Waals surface area contributed by atoms with E-state index in [0.29, 0.717) is 0 Å². The Morgan fingerprint density at radius 1 is 0.333 bits per heavy atom. The Morgan fingerprint density at radius 2 is 0.730 bits per heavy atom. The normalized spacial score (nSPS) is 12.4. The Bertz CT molecular complexity index is 3220. The number of para-hydroxylation sites is 1. The van der Waals surface area contributed by atoms with Gasteiger partial charge in [-0.3, -0.25) is 0 Å². The van der Waals surface area contributed by atoms with Gasteiger partial charge in [0.15, 0.2) is 0 Å². The predicted molar refractivity (Wildman–Crippen MR) is 268 cm³/mol. The van der Waals surface area contributed by atoms with Crippen LogP contribution in [0.2, 0.25) is 0 Å². The first-order chi connectivity index (χ1) is 31.0. The number of fused-ring (bicyclic) bond motifs is 4. The molecule has 11 rings (SSSR count). The summed E-state index contributed by atoms with van der Waals surface area (Å²) < 4.78 is 0. The Labute approximate surface area is 370 Å². The molecule has 10 aromatic rings. The van der Waals surface area contributed by atoms with E-state index < -0.39 is 0 Å². The second kappa shape index (κ2) is 15.8. The van der Waals surface area contributed by atoms with Crippen LogP contribution in [-0.2, 0) is 5.41 Å². The molecule has 0 aliphatic heterocycles. The van der Waals surface area contributed by atoms with E-state index in [9.17, 15) is 0 Å². The van der Waals surface area contributed by atoms with E-state index in [2.05, 4.69) is 261 Å². The van der Waals surface area contributed by atoms with Crippen molar-refractivity contribution < 1.29 is 0 Å². The molecule has 2 heteroatoms. The highest BCUT2D eigenvalue weighted by Gasteiger charge is 2.36. The molecule has 300 valence electrons. The smallest absolute Gasteiger partial charge is 0.0540 e. The van der Waals surface area contributed by atoms with Crippen LogP contribution in [0.1, 0.15) is 25.0 Å². The molecule has 2 nitrogen and oxygen atoms in total. The lowest BCUT2D eigenvalue weighted by Gasteiger charge is -2.27. The van der Waals surface area contributed by atoms with Crippen molar-refractivity contribution in [2.45, 2.75) is 19.3 Å². The van der Waals surface area contributed by atoms with E-state index in [-0.39, 0.29) is 5.41 Å². The maximum absolute atomic E-state index is 3.60. The number of anilines is 5. The SMILES string of the molecule is CC1(C)c2cc(-c3ccc(Nc4ccc(-c5ccc(-c6ccccc6)cc5)cc4)cc3)ccc2-c2ccc(-c3ccc(N(c4ccccc4)c4cccc5ccccc45)cc3)cc21. The lowest BCUT2D eigenvalue weighted by Crippen LogP contribution is -2.15. The monoisotopic (exact) mass is 806 g/mol. The summed E-state index contributed by atoms with van der Waals surface area (Å²) >= 11 is 0. The zero-order chi connectivity index (χ0) is 42.3. The van der Waals surface area contributed by atoms with Gasteiger partial charge in [0.25, 0.3) is 0 Å². The van der Waals surface area contributed by atoms with Crippen LogP contribution >= 0.6 is 0 Å². The number of benzene rings is 10. The Morgan fingerprint density at radius 3 is 1.29 bits per heavy atom. The first kappa shape index (κ1) is 38.0. The van der Waals surface area contributed by atoms with E-state index in [0.717, 1.165) is 22.7 Å². The lowest BCUT2D eigenvalue weighted by molar-refractivity contribution is 0.661. The van der Waals surface area contributed by atoms with Crippen molar-refractivity contribution in [3.8, 4) is 55.6 Å². The highest BCUT2D eigenvalue weighted by atomic mass is 15.1. The van der Waals surface area contributed by atoms with Crippen LogP contribution in [-0.4, -0.2) is 0 Å². The number of hydrogen-bond donors (Lipinski definition) is 1. The molecule has 0 atom stereocenters. The predicted octanol–water partition coefficient (Wildman–Crippen LogP) is 17.0. The molecule has 0 fully saturated rings. The van der Waals surface area contributed by atoms with Gasteiger partial charge in [0.2, 0.25) is 0 Å². The molecule has 0 radical (unpaired) electrons. The fourth-order valence-electron chi connectivity index (χ4n) is 9.45. The first-order valence-electron chi connectivity index (χ1n) is 21.8. The van der Waals surface area contributed by atoms with Crippen molar-refractivity contribution in [3.05, 3.63) is 248 Å². The minimum atomic E-state index is -0.146. The van der Waals surface area contributed by atoms with E-state index in [4.69, 9.17) is 0 Å². The molecule has 0 spiro atoms. The topological polar surface area (TPSA) is 15.3 Å². The van der Waals surface area contributed by atoms with Crippen molar-refractivity contribution in [2.24, 2.45) is 0 Å². The van der Waals surface area contributed by atoms with Gasteiger partial charge in [-0.1, -0.05) is 184 Å². The number of nitrogens with zero attached hydrogens (tertiary/aromatic N) is 1. The Hall–Kier alpha value is -7.94. The zero-order valence-electron chi connectivity index (χ0n) is 35.5. The summed E-state index contributed by atoms with van der Waals surface area (Å²) in [4.78, 5) is 2.36. The van der Waals surface area contributed by atoms with E-state index in [1.165, 1.54) is 83.2 Å². The Kier molecular flexibility index (Phi) is 9.55. The molecule has 0 heterocycles. The summed E-state index contributed by atoms with van der Waals surface area (Å²) in [5, 5.41) is 6.06. The second-order valence-electron chi connectivity index (χ2n) is 17.1. The number of rotatable bonds is 9. The summed E-state index contributed by atoms with van der Waals surface area (Å²) in [5.41, 5.74) is 20.5. The van der Waals surface area contributed by atoms with Crippen molar-refractivity contribution in [3.63, 3.8) is 0 Å². The van der Waals surface area contributed by atoms with Gasteiger partial charge in [-0.2, -0.15) is 0 Å². The fourth-order valence-corrected chi connectivity index (χ4v) is 9.45. The van der Waals surface area contributed by atoms with Crippen LogP contribution in [0.5, 0.6) is 0 Å². The van der Waals surface area contributed by atoms with Gasteiger partial charge >= 0.3 is 0 Å². The van der Waals surface area contributed by atoms with Crippen LogP contribution in [0.3, 0.4) is 0 Å². The molecule has 1 N–H and O–H groups in total. The maximum Gasteiger partial charge on any atom is 0.0540 e. The molecular formula is C61H46N2. The van der Waals surface area contributed by atoms with Crippen molar-refractivity contribution in [1.29, 1.82) is 0 Å². The largest absolute Gasteiger partial charge is 0.356 e. The molecule has 0 unspecified atom stereocenters. The highest BCUT2D eigenvalue weighted by Crippen LogP contribution is 2.51. The van der Waals surface area contributed by atoms with Gasteiger partial charge in [-0.05, 0) is 139 Å². The number of hydrogen-bond acceptors (Lipinski definition) is 2. The van der Waals surface area contributed by atoms with Crippen LogP contribution < -0.4 is 10.2 Å². The number of nitrogens with one attached hydrogen (secondary N) is 1. The van der Waals surface area contributed by atoms with Crippen molar-refractivity contribution >= 4 is 39.2 Å². The third kappa shape index (κ3) is 7.16. The summed E-state index contributed by atoms with van der Waals surface area (Å²) in [7, 11) is 0. The third-order valence-corrected chi connectivity index (χ3v) is 12.9. The van der Waals surface area contributed by atoms with Crippen LogP contribution in [0, 0.1) is 0 Å². The third-order valence-electron chi connectivity index (χ3n) is 12.9. The van der Waals surface area contributed by atoms with E-state index in [1.54, 1.807) is 0 Å². The summed E-state index contributed by atoms with van der Waals surface area (Å²) in [5.74, 6) is 0. The molecular weight excluding hydrogens is 761 g/mol. The molecule has 1 aliphatic rings. The summed E-state index contributed by atoms with van der Waals surface area (Å²) in [6.45, 7) is 4.74. The van der Waals surface area contributed by atoms with Crippen molar-refractivity contribution in [2.75, 3.05) is 10.2 Å². The van der Waals surface area contributed by atoms with Gasteiger partial charge < -0.3 is 10.2 Å². The van der Waals surface area contributed by atoms with E-state index >= 15 is 0 Å². The quantitative estimate of drug-likeness (QED) is 0.156. The minimum Gasteiger partial charge on any atom is -0.356 e. The van der Waals surface area contributed by atoms with Crippen LogP contribution in [0.4, 0.5) is 28.4 Å². The molecule has 0 amide bonds. The minimum absolute atomic E-state index is 0.146. The highest BCUT2D eigenvalue weighted by molar-refractivity contribution is 5.99. The zero-order valence-corrected chi connectivity index (χ0v) is 35.5. The first-order valence-corrected chi connectivity index (χ1v) is 21.8. The van der Waals surface area contributed by atoms with Gasteiger partial charge in [-0.25, -0.2) is 0 Å². The van der Waals surface area contributed by atoms with Gasteiger partial charge in [0.05, 0.1) is 5.69 Å². The molecule has 0 saturated heterocycles. The molecule has 10 aromatic carbocycles. The second-order valence-corrected chi connectivity index (χ2v) is 17.1. The van der Waals surface area contributed by atoms with Crippen LogP contribution in [0.15, 0.2) is 237 Å². The molecule has 63 heavy (non-hydrogen) atoms. The summed E-state index contributed by atoms with van der Waals surface area (Å²) in [6.07, 6.45) is 0. The van der Waals surface area contributed by atoms with E-state index in [1.807, 2.05) is 0 Å². The maximum atomic E-state index is 3.60. The van der Waals surface area contributed by atoms with Crippen molar-refractivity contribution in [1.82, 2.24) is 0 Å². The van der Waals surface area contributed by atoms with Gasteiger partial charge in [0.1, 0.15) is 0 Å². The molecule has 0 aromatic heterocycles. The Balaban J connectivity index is 0.806. The van der Waals surface area contributed by atoms with Gasteiger partial charge in [-0.15, -0.1) is 0 Å². The van der Waals surface area contributed by atoms with Crippen LogP contribution in [0.25, 0.3) is 66.4 Å². The molecule has 1 aliphatic carbocycles. The summed E-state index contributed by atoms with van der Waals surface area (Å²) in [6, 6.07) is 85.7. The molecule has 0 bridgehead atoms. The standard InChI is InChI=1S/C61H46N2/c1-61(2)58-40-49(46-26-34-52(35-27-46)62-51-32-24-45(25-33-51)44-22-20-43(21-23-44)42-12-5-3-6-13-42)30-38-56(58)57-39-31-50(41-59(57)61)47-28-36-54(37-29-47)63(53-16-7-4-8-17-53)60-19-11-15-48-14-9-10-18-55(48)60/h3-41,62H,1-2H3. The average molecular weight is 807 g/mol. The van der Waals surface area contributed by atoms with Gasteiger partial charge in [0, 0.05) is 33.6 Å². The fraction of sp³-hybridized carbons (Fsp3) is 0.0492. The lowest BCUT2D eigenvalue weighted by atomic mass is 9.81. The average Bonchev–Trinajstić information content (AvgIpc) is 3.57. The molecule has 0 saturated carbocycles.